The summed E-state index contributed by atoms with van der Waals surface area (Å²) >= 11 is 1.17. The zero-order valence-corrected chi connectivity index (χ0v) is 12.7. The Hall–Kier alpha value is -1.07. The maximum absolute atomic E-state index is 11.0. The van der Waals surface area contributed by atoms with Crippen LogP contribution in [0.3, 0.4) is 0 Å². The van der Waals surface area contributed by atoms with E-state index < -0.39 is 33.8 Å². The van der Waals surface area contributed by atoms with E-state index in [0.717, 1.165) is 6.26 Å². The lowest BCUT2D eigenvalue weighted by atomic mass is 10.1. The minimum absolute atomic E-state index is 0.150. The van der Waals surface area contributed by atoms with Crippen molar-refractivity contribution >= 4 is 27.6 Å². The summed E-state index contributed by atoms with van der Waals surface area (Å²) in [6.45, 7) is 0. The molecular weight excluding hydrogens is 320 g/mol. The second-order valence-corrected chi connectivity index (χ2v) is 7.50. The number of rotatable bonds is 4. The van der Waals surface area contributed by atoms with Crippen molar-refractivity contribution < 1.29 is 28.5 Å². The van der Waals surface area contributed by atoms with Crippen molar-refractivity contribution in [2.75, 3.05) is 16.7 Å². The molecule has 1 aliphatic rings. The molecule has 0 aliphatic carbocycles. The number of aliphatic hydroxyl groups excluding tert-OH is 3. The van der Waals surface area contributed by atoms with E-state index >= 15 is 0 Å². The van der Waals surface area contributed by atoms with Gasteiger partial charge < -0.3 is 20.1 Å². The van der Waals surface area contributed by atoms with Gasteiger partial charge in [0, 0.05) is 5.75 Å². The van der Waals surface area contributed by atoms with Crippen LogP contribution in [0.1, 0.15) is 0 Å². The molecule has 2 heterocycles. The third-order valence-electron chi connectivity index (χ3n) is 2.73. The smallest absolute Gasteiger partial charge is 0.230 e. The highest BCUT2D eigenvalue weighted by Crippen LogP contribution is 2.29. The fourth-order valence-electron chi connectivity index (χ4n) is 1.72. The summed E-state index contributed by atoms with van der Waals surface area (Å²) in [7, 11) is -3.40. The van der Waals surface area contributed by atoms with Crippen molar-refractivity contribution in [3.8, 4) is 5.75 Å². The molecule has 2 rings (SSSR count). The van der Waals surface area contributed by atoms with Crippen molar-refractivity contribution in [1.82, 2.24) is 4.98 Å². The zero-order valence-electron chi connectivity index (χ0n) is 11.1. The summed E-state index contributed by atoms with van der Waals surface area (Å²) in [6.07, 6.45) is -1.17. The monoisotopic (exact) mass is 336 g/mol. The Kier molecular flexibility index (Phi) is 4.94. The number of thioether (sulfide) groups is 1. The van der Waals surface area contributed by atoms with Gasteiger partial charge in [-0.3, -0.25) is 4.72 Å². The number of ether oxygens (including phenoxy) is 1. The lowest BCUT2D eigenvalue weighted by Crippen LogP contribution is -2.50. The van der Waals surface area contributed by atoms with E-state index in [-0.39, 0.29) is 11.6 Å². The summed E-state index contributed by atoms with van der Waals surface area (Å²) in [5.41, 5.74) is -0.737. The number of hydrogen-bond donors (Lipinski definition) is 4. The topological polar surface area (TPSA) is 129 Å². The summed E-state index contributed by atoms with van der Waals surface area (Å²) in [5, 5.41) is 28.8. The minimum Gasteiger partial charge on any atom is -0.475 e. The van der Waals surface area contributed by atoms with Gasteiger partial charge in [0.25, 0.3) is 0 Å². The Bertz CT molecular complexity index is 579. The fourth-order valence-corrected chi connectivity index (χ4v) is 3.34. The molecule has 1 fully saturated rings. The first kappa shape index (κ1) is 16.3. The molecule has 0 saturated carbocycles. The van der Waals surface area contributed by atoms with Gasteiger partial charge in [-0.2, -0.15) is 0 Å². The number of anilines is 1. The Balaban J connectivity index is 2.00. The van der Waals surface area contributed by atoms with Crippen LogP contribution in [0.25, 0.3) is 0 Å². The van der Waals surface area contributed by atoms with E-state index in [2.05, 4.69) is 9.71 Å². The molecule has 1 aliphatic heterocycles. The minimum atomic E-state index is -3.40. The molecule has 4 atom stereocenters. The van der Waals surface area contributed by atoms with Crippen molar-refractivity contribution in [2.24, 2.45) is 0 Å². The van der Waals surface area contributed by atoms with Gasteiger partial charge in [-0.15, -0.1) is 11.8 Å². The number of hydrogen-bond acceptors (Lipinski definition) is 8. The van der Waals surface area contributed by atoms with Crippen LogP contribution in [-0.2, 0) is 10.0 Å². The third kappa shape index (κ3) is 4.45. The first-order chi connectivity index (χ1) is 9.76. The molecule has 1 aromatic heterocycles. The van der Waals surface area contributed by atoms with Gasteiger partial charge in [0.05, 0.1) is 18.6 Å². The lowest BCUT2D eigenvalue weighted by Gasteiger charge is -2.34. The lowest BCUT2D eigenvalue weighted by molar-refractivity contribution is -0.0786. The van der Waals surface area contributed by atoms with Crippen molar-refractivity contribution in [3.05, 3.63) is 18.3 Å². The summed E-state index contributed by atoms with van der Waals surface area (Å²) in [6, 6.07) is 2.91. The summed E-state index contributed by atoms with van der Waals surface area (Å²) < 4.78 is 29.8. The first-order valence-corrected chi connectivity index (χ1v) is 8.96. The van der Waals surface area contributed by atoms with Gasteiger partial charge in [-0.25, -0.2) is 13.4 Å². The van der Waals surface area contributed by atoms with E-state index in [1.165, 1.54) is 30.1 Å². The third-order valence-corrected chi connectivity index (χ3v) is 4.55. The molecule has 21 heavy (non-hydrogen) atoms. The molecule has 0 spiro atoms. The standard InChI is InChI=1S/C11H16N2O6S2/c1-21(17,18)13-8-3-2-6(4-12-8)19-11-10(16)9(15)7(14)5-20-11/h2-4,7,9-11,14-16H,5H2,1H3,(H,12,13)/t7-,9+,10-,11+/m1/s1. The average molecular weight is 336 g/mol. The van der Waals surface area contributed by atoms with Gasteiger partial charge in [0.2, 0.25) is 10.0 Å². The van der Waals surface area contributed by atoms with Gasteiger partial charge in [0.15, 0.2) is 5.44 Å². The SMILES string of the molecule is CS(=O)(=O)Nc1ccc(O[C@H]2SC[C@@H](O)[C@H](O)[C@H]2O)cn1. The number of sulfonamides is 1. The van der Waals surface area contributed by atoms with Crippen LogP contribution >= 0.6 is 11.8 Å². The number of nitrogens with one attached hydrogen (secondary N) is 1. The predicted octanol–water partition coefficient (Wildman–Crippen LogP) is -1.01. The number of pyridine rings is 1. The number of nitrogens with zero attached hydrogens (tertiary/aromatic N) is 1. The molecule has 10 heteroatoms. The highest BCUT2D eigenvalue weighted by molar-refractivity contribution is 7.99. The molecular formula is C11H16N2O6S2. The van der Waals surface area contributed by atoms with Crippen molar-refractivity contribution in [1.29, 1.82) is 0 Å². The maximum Gasteiger partial charge on any atom is 0.230 e. The zero-order chi connectivity index (χ0) is 15.6. The Morgan fingerprint density at radius 1 is 1.33 bits per heavy atom. The average Bonchev–Trinajstić information content (AvgIpc) is 2.40. The van der Waals surface area contributed by atoms with Crippen LogP contribution in [0, 0.1) is 0 Å². The molecule has 1 saturated heterocycles. The summed E-state index contributed by atoms with van der Waals surface area (Å²) in [4.78, 5) is 3.87. The van der Waals surface area contributed by atoms with Crippen LogP contribution in [-0.4, -0.2) is 64.5 Å². The number of aliphatic hydroxyl groups is 3. The molecule has 0 amide bonds. The molecule has 0 aromatic carbocycles. The Labute approximate surface area is 126 Å². The van der Waals surface area contributed by atoms with Gasteiger partial charge in [-0.1, -0.05) is 0 Å². The molecule has 4 N–H and O–H groups in total. The van der Waals surface area contributed by atoms with Gasteiger partial charge in [0.1, 0.15) is 23.8 Å². The van der Waals surface area contributed by atoms with E-state index in [4.69, 9.17) is 4.74 Å². The first-order valence-electron chi connectivity index (χ1n) is 6.02. The second-order valence-electron chi connectivity index (χ2n) is 4.62. The quantitative estimate of drug-likeness (QED) is 0.550. The van der Waals surface area contributed by atoms with Crippen LogP contribution in [0.4, 0.5) is 5.82 Å². The highest BCUT2D eigenvalue weighted by atomic mass is 32.2. The highest BCUT2D eigenvalue weighted by Gasteiger charge is 2.38. The second kappa shape index (κ2) is 6.36. The Morgan fingerprint density at radius 2 is 2.05 bits per heavy atom. The largest absolute Gasteiger partial charge is 0.475 e. The van der Waals surface area contributed by atoms with Crippen molar-refractivity contribution in [2.45, 2.75) is 23.7 Å². The van der Waals surface area contributed by atoms with E-state index in [1.54, 1.807) is 0 Å². The maximum atomic E-state index is 11.0. The van der Waals surface area contributed by atoms with Gasteiger partial charge in [-0.05, 0) is 12.1 Å². The van der Waals surface area contributed by atoms with Crippen LogP contribution in [0.15, 0.2) is 18.3 Å². The van der Waals surface area contributed by atoms with E-state index in [1.807, 2.05) is 0 Å². The molecule has 0 radical (unpaired) electrons. The normalized spacial score (nSPS) is 29.9. The van der Waals surface area contributed by atoms with Crippen LogP contribution in [0.2, 0.25) is 0 Å². The number of aromatic nitrogens is 1. The van der Waals surface area contributed by atoms with Crippen LogP contribution < -0.4 is 9.46 Å². The molecule has 0 bridgehead atoms. The summed E-state index contributed by atoms with van der Waals surface area (Å²) in [5.74, 6) is 0.704. The molecule has 1 aromatic rings. The van der Waals surface area contributed by atoms with Gasteiger partial charge >= 0.3 is 0 Å². The van der Waals surface area contributed by atoms with E-state index in [9.17, 15) is 23.7 Å². The molecule has 8 nitrogen and oxygen atoms in total. The predicted molar refractivity (Wildman–Crippen MR) is 77.6 cm³/mol. The van der Waals surface area contributed by atoms with Crippen LogP contribution in [0.5, 0.6) is 5.75 Å². The molecule has 0 unspecified atom stereocenters. The molecule has 118 valence electrons. The van der Waals surface area contributed by atoms with Crippen molar-refractivity contribution in [3.63, 3.8) is 0 Å². The van der Waals surface area contributed by atoms with E-state index in [0.29, 0.717) is 5.75 Å². The fraction of sp³-hybridized carbons (Fsp3) is 0.545. The Morgan fingerprint density at radius 3 is 2.62 bits per heavy atom.